The SMILES string of the molecule is O=C(NCCOCCOCCOCCNC(=O)c1ccc(COc2cc(Cl)c(CN3CSC[C@H]3C(=O)N3CCN(C4CC4)c4ccccc43)cc2Cl)cc1)c1ccc(COc2cc(Cl)c(CN3CSC[C@@H]3C(=O)N3CCN(C4CC4)c4ccccc43)cc2Cl)cc1. The number of rotatable bonds is 28. The first kappa shape index (κ1) is 65.1. The molecule has 0 bridgehead atoms. The molecule has 4 aliphatic heterocycles. The molecule has 0 aromatic heterocycles. The van der Waals surface area contributed by atoms with E-state index in [2.05, 4.69) is 66.6 Å². The number of para-hydroxylation sites is 4. The number of nitrogens with one attached hydrogen (secondary N) is 2. The van der Waals surface area contributed by atoms with Gasteiger partial charge in [-0.3, -0.25) is 29.0 Å². The molecule has 480 valence electrons. The number of hydrogen-bond donors (Lipinski definition) is 2. The minimum atomic E-state index is -0.276. The van der Waals surface area contributed by atoms with Gasteiger partial charge in [0.25, 0.3) is 11.8 Å². The second-order valence-electron chi connectivity index (χ2n) is 23.4. The van der Waals surface area contributed by atoms with E-state index >= 15 is 0 Å². The van der Waals surface area contributed by atoms with Crippen molar-refractivity contribution in [2.24, 2.45) is 0 Å². The van der Waals surface area contributed by atoms with Crippen LogP contribution >= 0.6 is 69.9 Å². The zero-order valence-electron chi connectivity index (χ0n) is 50.5. The fourth-order valence-corrected chi connectivity index (χ4v) is 15.2. The van der Waals surface area contributed by atoms with Gasteiger partial charge < -0.3 is 53.9 Å². The Bertz CT molecular complexity index is 3320. The minimum Gasteiger partial charge on any atom is -0.487 e. The van der Waals surface area contributed by atoms with Gasteiger partial charge in [0.05, 0.1) is 84.5 Å². The second kappa shape index (κ2) is 30.9. The van der Waals surface area contributed by atoms with E-state index in [-0.39, 0.29) is 48.9 Å². The third kappa shape index (κ3) is 16.4. The number of carbonyl (C=O) groups excluding carboxylic acids is 4. The lowest BCUT2D eigenvalue weighted by molar-refractivity contribution is -0.123. The lowest BCUT2D eigenvalue weighted by atomic mass is 10.1. The molecule has 4 fully saturated rings. The molecule has 0 radical (unpaired) electrons. The number of thioether (sulfide) groups is 2. The maximum Gasteiger partial charge on any atom is 0.251 e. The third-order valence-electron chi connectivity index (χ3n) is 17.1. The van der Waals surface area contributed by atoms with Gasteiger partial charge >= 0.3 is 0 Å². The Morgan fingerprint density at radius 2 is 0.846 bits per heavy atom. The van der Waals surface area contributed by atoms with Crippen molar-refractivity contribution in [3.63, 3.8) is 0 Å². The largest absolute Gasteiger partial charge is 0.487 e. The van der Waals surface area contributed by atoms with Gasteiger partial charge in [-0.15, -0.1) is 23.5 Å². The predicted octanol–water partition coefficient (Wildman–Crippen LogP) is 11.4. The molecule has 4 heterocycles. The summed E-state index contributed by atoms with van der Waals surface area (Å²) in [5.74, 6) is 3.54. The van der Waals surface area contributed by atoms with Crippen LogP contribution in [0.2, 0.25) is 20.1 Å². The highest BCUT2D eigenvalue weighted by Crippen LogP contribution is 2.44. The number of anilines is 4. The second-order valence-corrected chi connectivity index (χ2v) is 27.0. The molecule has 0 unspecified atom stereocenters. The third-order valence-corrected chi connectivity index (χ3v) is 20.5. The Kier molecular flexibility index (Phi) is 22.1. The van der Waals surface area contributed by atoms with E-state index < -0.39 is 0 Å². The molecule has 6 aromatic rings. The van der Waals surface area contributed by atoms with Crippen molar-refractivity contribution in [1.29, 1.82) is 0 Å². The maximum absolute atomic E-state index is 14.1. The Hall–Kier alpha value is -5.94. The summed E-state index contributed by atoms with van der Waals surface area (Å²) in [7, 11) is 0. The van der Waals surface area contributed by atoms with Crippen molar-refractivity contribution in [1.82, 2.24) is 20.4 Å². The van der Waals surface area contributed by atoms with Crippen molar-refractivity contribution in [3.8, 4) is 11.5 Å². The van der Waals surface area contributed by atoms with Crippen molar-refractivity contribution < 1.29 is 42.9 Å². The molecule has 4 amide bonds. The fourth-order valence-electron chi connectivity index (χ4n) is 11.9. The van der Waals surface area contributed by atoms with Gasteiger partial charge in [-0.1, -0.05) is 94.9 Å². The van der Waals surface area contributed by atoms with E-state index in [1.807, 2.05) is 58.3 Å². The van der Waals surface area contributed by atoms with Crippen LogP contribution in [0.4, 0.5) is 22.7 Å². The smallest absolute Gasteiger partial charge is 0.251 e. The summed E-state index contributed by atoms with van der Waals surface area (Å²) >= 11 is 30.7. The molecule has 0 spiro atoms. The average molecular weight is 1350 g/mol. The molecular weight excluding hydrogens is 1280 g/mol. The standard InChI is InChI=1S/C68H74Cl4N8O9S2/c69-53-35-63(55(71)33-49(53)37-75-43-90-41-61(75)67(83)79-25-23-77(51-17-18-51)57-5-1-3-7-59(57)79)88-39-45-9-13-47(14-10-45)65(81)73-21-27-85-29-31-87-32-30-86-28-22-74-66(82)48-15-11-46(12-16-48)40-89-64-36-54(70)50(34-56(64)72)38-76-44-91-42-62(76)68(84)80-26-24-78(52-19-20-52)58-6-2-4-8-60(58)80/h1-16,33-36,51-52,61-62H,17-32,37-44H2,(H,73,81)(H,74,82)/t61-,62+. The number of carbonyl (C=O) groups is 4. The first-order chi connectivity index (χ1) is 44.4. The van der Waals surface area contributed by atoms with E-state index in [1.54, 1.807) is 59.9 Å². The number of amides is 4. The van der Waals surface area contributed by atoms with Gasteiger partial charge in [-0.25, -0.2) is 0 Å². The van der Waals surface area contributed by atoms with Crippen LogP contribution in [0, 0.1) is 0 Å². The van der Waals surface area contributed by atoms with Crippen LogP contribution in [0.1, 0.15) is 68.7 Å². The molecule has 2 atom stereocenters. The van der Waals surface area contributed by atoms with Crippen molar-refractivity contribution in [2.45, 2.75) is 76.2 Å². The predicted molar refractivity (Wildman–Crippen MR) is 363 cm³/mol. The van der Waals surface area contributed by atoms with Crippen LogP contribution in [0.3, 0.4) is 0 Å². The molecule has 6 aliphatic rings. The van der Waals surface area contributed by atoms with E-state index in [1.165, 1.54) is 25.7 Å². The monoisotopic (exact) mass is 1350 g/mol. The molecule has 17 nitrogen and oxygen atoms in total. The Balaban J connectivity index is 0.484. The van der Waals surface area contributed by atoms with Crippen LogP contribution in [0.5, 0.6) is 11.5 Å². The van der Waals surface area contributed by atoms with Crippen LogP contribution in [0.15, 0.2) is 121 Å². The number of halogens is 4. The zero-order valence-corrected chi connectivity index (χ0v) is 55.2. The van der Waals surface area contributed by atoms with Gasteiger partial charge in [0.15, 0.2) is 0 Å². The quantitative estimate of drug-likeness (QED) is 0.0447. The summed E-state index contributed by atoms with van der Waals surface area (Å²) < 4.78 is 29.1. The van der Waals surface area contributed by atoms with Crippen LogP contribution in [-0.4, -0.2) is 160 Å². The van der Waals surface area contributed by atoms with Crippen LogP contribution < -0.4 is 39.7 Å². The number of fused-ring (bicyclic) bond motifs is 2. The minimum absolute atomic E-state index is 0.117. The summed E-state index contributed by atoms with van der Waals surface area (Å²) in [6.45, 7) is 7.15. The number of ether oxygens (including phenoxy) is 5. The first-order valence-corrected chi connectivity index (χ1v) is 34.9. The molecule has 23 heteroatoms. The molecule has 91 heavy (non-hydrogen) atoms. The average Bonchev–Trinajstić information content (AvgIpc) is 1.96. The summed E-state index contributed by atoms with van der Waals surface area (Å²) in [6.07, 6.45) is 4.83. The summed E-state index contributed by atoms with van der Waals surface area (Å²) in [6, 6.07) is 38.5. The van der Waals surface area contributed by atoms with E-state index in [9.17, 15) is 19.2 Å². The van der Waals surface area contributed by atoms with Gasteiger partial charge in [-0.2, -0.15) is 0 Å². The van der Waals surface area contributed by atoms with Gasteiger partial charge in [0.2, 0.25) is 11.8 Å². The fraction of sp³-hybridized carbons (Fsp3) is 0.412. The molecule has 2 aliphatic carbocycles. The highest BCUT2D eigenvalue weighted by molar-refractivity contribution is 7.99. The van der Waals surface area contributed by atoms with E-state index in [0.717, 1.165) is 58.1 Å². The Labute approximate surface area is 560 Å². The van der Waals surface area contributed by atoms with E-state index in [4.69, 9.17) is 70.1 Å². The lowest BCUT2D eigenvalue weighted by Gasteiger charge is -2.39. The lowest BCUT2D eigenvalue weighted by Crippen LogP contribution is -2.52. The zero-order chi connectivity index (χ0) is 62.8. The van der Waals surface area contributed by atoms with Crippen LogP contribution in [-0.2, 0) is 50.1 Å². The van der Waals surface area contributed by atoms with Gasteiger partial charge in [-0.05, 0) is 109 Å². The summed E-state index contributed by atoms with van der Waals surface area (Å²) in [5, 5.41) is 7.63. The van der Waals surface area contributed by atoms with Crippen molar-refractivity contribution >= 4 is 116 Å². The Morgan fingerprint density at radius 1 is 0.462 bits per heavy atom. The molecule has 12 rings (SSSR count). The highest BCUT2D eigenvalue weighted by atomic mass is 35.5. The van der Waals surface area contributed by atoms with Crippen molar-refractivity contribution in [2.75, 3.05) is 122 Å². The molecule has 2 N–H and O–H groups in total. The maximum atomic E-state index is 14.1. The van der Waals surface area contributed by atoms with Gasteiger partial charge in [0.1, 0.15) is 24.7 Å². The number of benzene rings is 6. The summed E-state index contributed by atoms with van der Waals surface area (Å²) in [5.41, 5.74) is 8.63. The first-order valence-electron chi connectivity index (χ1n) is 31.1. The van der Waals surface area contributed by atoms with Gasteiger partial charge in [0, 0.05) is 121 Å². The summed E-state index contributed by atoms with van der Waals surface area (Å²) in [4.78, 5) is 67.2. The Morgan fingerprint density at radius 3 is 1.24 bits per heavy atom. The molecule has 2 saturated heterocycles. The van der Waals surface area contributed by atoms with Crippen LogP contribution in [0.25, 0.3) is 0 Å². The number of hydrogen-bond acceptors (Lipinski definition) is 15. The highest BCUT2D eigenvalue weighted by Gasteiger charge is 2.42. The normalized spacial score (nSPS) is 18.3. The molecule has 6 aromatic carbocycles. The van der Waals surface area contributed by atoms with E-state index in [0.29, 0.717) is 157 Å². The topological polar surface area (TPSA) is 158 Å². The molecule has 2 saturated carbocycles. The molecular formula is C68H74Cl4N8O9S2. The number of nitrogens with zero attached hydrogens (tertiary/aromatic N) is 6. The van der Waals surface area contributed by atoms with Crippen molar-refractivity contribution in [3.05, 3.63) is 175 Å².